The van der Waals surface area contributed by atoms with Crippen LogP contribution in [-0.2, 0) is 22.6 Å². The van der Waals surface area contributed by atoms with E-state index in [1.54, 1.807) is 4.90 Å². The molecule has 41 heavy (non-hydrogen) atoms. The average molecular weight is 559 g/mol. The largest absolute Gasteiger partial charge is 0.361 e. The quantitative estimate of drug-likeness (QED) is 0.353. The highest BCUT2D eigenvalue weighted by Gasteiger charge is 2.45. The van der Waals surface area contributed by atoms with E-state index in [4.69, 9.17) is 0 Å². The van der Waals surface area contributed by atoms with Crippen molar-refractivity contribution in [2.24, 2.45) is 0 Å². The molecule has 3 heterocycles. The Bertz CT molecular complexity index is 1430. The highest BCUT2D eigenvalue weighted by Crippen LogP contribution is 2.28. The van der Waals surface area contributed by atoms with Gasteiger partial charge in [-0.15, -0.1) is 0 Å². The molecule has 0 saturated carbocycles. The minimum absolute atomic E-state index is 0.134. The molecule has 10 nitrogen and oxygen atoms in total. The number of piperidine rings is 1. The number of fused-ring (bicyclic) bond motifs is 2. The molecule has 2 aromatic carbocycles. The minimum Gasteiger partial charge on any atom is -0.361 e. The number of hydrogen-bond donors (Lipinski definition) is 4. The van der Waals surface area contributed by atoms with Gasteiger partial charge in [0.15, 0.2) is 0 Å². The number of carbonyl (C=O) groups excluding carboxylic acids is 4. The van der Waals surface area contributed by atoms with Gasteiger partial charge in [-0.1, -0.05) is 48.5 Å². The number of H-pyrrole nitrogens is 1. The van der Waals surface area contributed by atoms with Crippen molar-refractivity contribution < 1.29 is 19.2 Å². The summed E-state index contributed by atoms with van der Waals surface area (Å²) < 4.78 is 0. The summed E-state index contributed by atoms with van der Waals surface area (Å²) in [5.74, 6) is -0.600. The van der Waals surface area contributed by atoms with Crippen LogP contribution in [0.15, 0.2) is 60.8 Å². The van der Waals surface area contributed by atoms with Gasteiger partial charge in [0.1, 0.15) is 6.04 Å². The summed E-state index contributed by atoms with van der Waals surface area (Å²) in [7, 11) is 0. The number of rotatable bonds is 7. The lowest BCUT2D eigenvalue weighted by Gasteiger charge is -2.46. The molecule has 3 unspecified atom stereocenters. The van der Waals surface area contributed by atoms with E-state index in [2.05, 4.69) is 20.9 Å². The van der Waals surface area contributed by atoms with Crippen molar-refractivity contribution in [1.29, 1.82) is 0 Å². The van der Waals surface area contributed by atoms with Gasteiger partial charge in [0, 0.05) is 48.1 Å². The molecule has 4 N–H and O–H groups in total. The van der Waals surface area contributed by atoms with Gasteiger partial charge in [-0.25, -0.2) is 9.59 Å². The van der Waals surface area contributed by atoms with Gasteiger partial charge in [0.05, 0.1) is 12.6 Å². The molecule has 5 rings (SSSR count). The van der Waals surface area contributed by atoms with Gasteiger partial charge in [0.2, 0.25) is 11.8 Å². The van der Waals surface area contributed by atoms with Gasteiger partial charge < -0.3 is 25.8 Å². The maximum Gasteiger partial charge on any atom is 0.327 e. The van der Waals surface area contributed by atoms with Crippen molar-refractivity contribution in [3.05, 3.63) is 71.9 Å². The Morgan fingerprint density at radius 1 is 1.05 bits per heavy atom. The highest BCUT2D eigenvalue weighted by molar-refractivity contribution is 5.98. The summed E-state index contributed by atoms with van der Waals surface area (Å²) in [6.07, 6.45) is 3.61. The molecule has 2 fully saturated rings. The first-order chi connectivity index (χ1) is 19.6. The van der Waals surface area contributed by atoms with Crippen molar-refractivity contribution in [2.45, 2.75) is 76.7 Å². The summed E-state index contributed by atoms with van der Waals surface area (Å²) in [6, 6.07) is 14.8. The Balaban J connectivity index is 1.32. The van der Waals surface area contributed by atoms with Crippen LogP contribution < -0.4 is 16.0 Å². The molecule has 1 aromatic heterocycles. The second-order valence-electron chi connectivity index (χ2n) is 11.9. The van der Waals surface area contributed by atoms with Crippen molar-refractivity contribution in [1.82, 2.24) is 30.7 Å². The van der Waals surface area contributed by atoms with Gasteiger partial charge in [-0.2, -0.15) is 0 Å². The molecule has 0 spiro atoms. The number of aromatic amines is 1. The zero-order valence-corrected chi connectivity index (χ0v) is 23.8. The maximum atomic E-state index is 13.8. The number of carbonyl (C=O) groups is 4. The molecule has 0 bridgehead atoms. The molecular formula is C31H38N6O4. The summed E-state index contributed by atoms with van der Waals surface area (Å²) in [5.41, 5.74) is 2.25. The third-order valence-electron chi connectivity index (χ3n) is 7.66. The molecular weight excluding hydrogens is 520 g/mol. The zero-order valence-electron chi connectivity index (χ0n) is 23.8. The van der Waals surface area contributed by atoms with Gasteiger partial charge in [-0.05, 0) is 50.8 Å². The Hall–Kier alpha value is -4.34. The normalized spacial score (nSPS) is 20.0. The number of amides is 6. The molecule has 3 atom stereocenters. The average Bonchev–Trinajstić information content (AvgIpc) is 3.33. The predicted molar refractivity (Wildman–Crippen MR) is 156 cm³/mol. The maximum absolute atomic E-state index is 13.8. The van der Waals surface area contributed by atoms with E-state index in [1.165, 1.54) is 4.90 Å². The van der Waals surface area contributed by atoms with E-state index in [-0.39, 0.29) is 37.2 Å². The van der Waals surface area contributed by atoms with E-state index in [1.807, 2.05) is 81.6 Å². The third kappa shape index (κ3) is 6.53. The summed E-state index contributed by atoms with van der Waals surface area (Å²) in [6.45, 7) is 6.36. The summed E-state index contributed by atoms with van der Waals surface area (Å²) in [4.78, 5) is 59.4. The fourth-order valence-electron chi connectivity index (χ4n) is 5.74. The predicted octanol–water partition coefficient (Wildman–Crippen LogP) is 3.68. The van der Waals surface area contributed by atoms with Gasteiger partial charge in [0.25, 0.3) is 0 Å². The Morgan fingerprint density at radius 2 is 1.78 bits per heavy atom. The smallest absolute Gasteiger partial charge is 0.327 e. The van der Waals surface area contributed by atoms with E-state index in [0.29, 0.717) is 19.4 Å². The number of nitrogens with zero attached hydrogens (tertiary/aromatic N) is 2. The number of para-hydroxylation sites is 1. The highest BCUT2D eigenvalue weighted by atomic mass is 16.2. The number of urea groups is 2. The van der Waals surface area contributed by atoms with Crippen LogP contribution in [0.25, 0.3) is 10.9 Å². The topological polar surface area (TPSA) is 127 Å². The molecule has 3 aromatic rings. The fraction of sp³-hybridized carbons (Fsp3) is 0.419. The lowest BCUT2D eigenvalue weighted by Crippen LogP contribution is -2.66. The van der Waals surface area contributed by atoms with Crippen LogP contribution in [-0.4, -0.2) is 68.9 Å². The lowest BCUT2D eigenvalue weighted by molar-refractivity contribution is -0.135. The van der Waals surface area contributed by atoms with Gasteiger partial charge in [-0.3, -0.25) is 14.5 Å². The van der Waals surface area contributed by atoms with Gasteiger partial charge >= 0.3 is 12.1 Å². The standard InChI is InChI=1S/C31H38N6O4/c1-31(2,3)35-29(40)34-25(16-21-18-32-23-13-8-7-12-22(21)23)28(39)33-24-14-9-15-36-26(24)17-27(38)37(30(36)41)19-20-10-5-4-6-11-20/h4-8,10-13,18,24-26,32H,9,14-17,19H2,1-3H3,(H,33,39)(H2,34,35,40). The van der Waals surface area contributed by atoms with E-state index in [0.717, 1.165) is 22.0 Å². The number of hydrogen-bond acceptors (Lipinski definition) is 4. The van der Waals surface area contributed by atoms with Crippen molar-refractivity contribution in [3.8, 4) is 0 Å². The molecule has 2 aliphatic heterocycles. The molecule has 0 aliphatic carbocycles. The van der Waals surface area contributed by atoms with E-state index in [9.17, 15) is 19.2 Å². The molecule has 6 amide bonds. The van der Waals surface area contributed by atoms with Crippen LogP contribution in [0.5, 0.6) is 0 Å². The Kier molecular flexibility index (Phi) is 8.01. The Morgan fingerprint density at radius 3 is 2.54 bits per heavy atom. The second-order valence-corrected chi connectivity index (χ2v) is 11.9. The molecule has 0 radical (unpaired) electrons. The third-order valence-corrected chi connectivity index (χ3v) is 7.66. The first kappa shape index (κ1) is 28.2. The first-order valence-corrected chi connectivity index (χ1v) is 14.2. The fourth-order valence-corrected chi connectivity index (χ4v) is 5.74. The lowest BCUT2D eigenvalue weighted by atomic mass is 9.91. The van der Waals surface area contributed by atoms with Crippen molar-refractivity contribution >= 4 is 34.8 Å². The van der Waals surface area contributed by atoms with Crippen LogP contribution in [0.1, 0.15) is 51.2 Å². The SMILES string of the molecule is CC(C)(C)NC(=O)NC(Cc1c[nH]c2ccccc12)C(=O)NC1CCCN2C(=O)N(Cc3ccccc3)C(=O)CC12. The van der Waals surface area contributed by atoms with Crippen LogP contribution in [0.4, 0.5) is 9.59 Å². The number of imide groups is 1. The Labute approximate surface area is 239 Å². The first-order valence-electron chi connectivity index (χ1n) is 14.2. The zero-order chi connectivity index (χ0) is 29.1. The minimum atomic E-state index is -0.864. The van der Waals surface area contributed by atoms with E-state index < -0.39 is 29.7 Å². The second kappa shape index (κ2) is 11.6. The van der Waals surface area contributed by atoms with Crippen LogP contribution in [0, 0.1) is 0 Å². The molecule has 2 saturated heterocycles. The number of nitrogens with one attached hydrogen (secondary N) is 4. The summed E-state index contributed by atoms with van der Waals surface area (Å²) in [5, 5.41) is 9.80. The van der Waals surface area contributed by atoms with Crippen LogP contribution in [0.3, 0.4) is 0 Å². The molecule has 216 valence electrons. The molecule has 2 aliphatic rings. The van der Waals surface area contributed by atoms with Crippen molar-refractivity contribution in [3.63, 3.8) is 0 Å². The molecule has 10 heteroatoms. The number of benzene rings is 2. The monoisotopic (exact) mass is 558 g/mol. The van der Waals surface area contributed by atoms with Crippen LogP contribution >= 0.6 is 0 Å². The van der Waals surface area contributed by atoms with Crippen molar-refractivity contribution in [2.75, 3.05) is 6.54 Å². The van der Waals surface area contributed by atoms with E-state index >= 15 is 0 Å². The number of aromatic nitrogens is 1. The summed E-state index contributed by atoms with van der Waals surface area (Å²) >= 11 is 0. The van der Waals surface area contributed by atoms with Crippen LogP contribution in [0.2, 0.25) is 0 Å².